The Balaban J connectivity index is 1.28. The van der Waals surface area contributed by atoms with Gasteiger partial charge in [0.1, 0.15) is 23.3 Å². The summed E-state index contributed by atoms with van der Waals surface area (Å²) in [4.78, 5) is 25.4. The van der Waals surface area contributed by atoms with Crippen LogP contribution in [0.3, 0.4) is 0 Å². The minimum absolute atomic E-state index is 0.136. The van der Waals surface area contributed by atoms with Crippen molar-refractivity contribution in [3.8, 4) is 0 Å². The monoisotopic (exact) mass is 460 g/mol. The first-order chi connectivity index (χ1) is 15.7. The summed E-state index contributed by atoms with van der Waals surface area (Å²) in [5.41, 5.74) is -0.787. The van der Waals surface area contributed by atoms with Gasteiger partial charge in [0.2, 0.25) is 0 Å². The summed E-state index contributed by atoms with van der Waals surface area (Å²) >= 11 is 0. The molecule has 5 atom stereocenters. The Hall–Kier alpha value is -2.90. The second kappa shape index (κ2) is 8.15. The van der Waals surface area contributed by atoms with Gasteiger partial charge in [-0.15, -0.1) is 0 Å². The first kappa shape index (κ1) is 21.9. The summed E-state index contributed by atoms with van der Waals surface area (Å²) < 4.78 is 54.5. The molecule has 3 bridgehead atoms. The number of amides is 2. The lowest BCUT2D eigenvalue weighted by Crippen LogP contribution is -2.51. The zero-order valence-electron chi connectivity index (χ0n) is 17.8. The summed E-state index contributed by atoms with van der Waals surface area (Å²) in [5.74, 6) is -3.44. The van der Waals surface area contributed by atoms with Crippen LogP contribution in [-0.2, 0) is 0 Å². The van der Waals surface area contributed by atoms with Crippen LogP contribution in [0.1, 0.15) is 59.2 Å². The zero-order chi connectivity index (χ0) is 23.3. The van der Waals surface area contributed by atoms with Crippen molar-refractivity contribution < 1.29 is 27.2 Å². The third-order valence-electron chi connectivity index (χ3n) is 7.56. The molecule has 3 aliphatic carbocycles. The maximum atomic E-state index is 14.1. The maximum Gasteiger partial charge on any atom is 0.254 e. The fraction of sp³-hybridized carbons (Fsp3) is 0.440. The molecule has 4 unspecified atom stereocenters. The van der Waals surface area contributed by atoms with Crippen LogP contribution in [0.4, 0.5) is 17.6 Å². The predicted molar refractivity (Wildman–Crippen MR) is 112 cm³/mol. The van der Waals surface area contributed by atoms with Crippen molar-refractivity contribution in [3.63, 3.8) is 0 Å². The number of benzene rings is 2. The average Bonchev–Trinajstić information content (AvgIpc) is 2.89. The molecule has 4 nitrogen and oxygen atoms in total. The number of carbonyl (C=O) groups excluding carboxylic acids is 2. The molecule has 0 aliphatic heterocycles. The molecule has 3 aliphatic rings. The van der Waals surface area contributed by atoms with Gasteiger partial charge in [-0.1, -0.05) is 0 Å². The van der Waals surface area contributed by atoms with E-state index in [-0.39, 0.29) is 29.0 Å². The summed E-state index contributed by atoms with van der Waals surface area (Å²) in [6.45, 7) is 0. The zero-order valence-corrected chi connectivity index (χ0v) is 17.8. The van der Waals surface area contributed by atoms with Gasteiger partial charge in [0.05, 0.1) is 11.1 Å². The van der Waals surface area contributed by atoms with E-state index in [1.54, 1.807) is 0 Å². The van der Waals surface area contributed by atoms with E-state index in [1.807, 2.05) is 0 Å². The van der Waals surface area contributed by atoms with Crippen molar-refractivity contribution in [1.82, 2.24) is 10.6 Å². The van der Waals surface area contributed by atoms with E-state index in [1.165, 1.54) is 0 Å². The van der Waals surface area contributed by atoms with Crippen molar-refractivity contribution in [2.24, 2.45) is 17.8 Å². The smallest absolute Gasteiger partial charge is 0.254 e. The molecular formula is C25H24F4N2O2. The number of halogens is 4. The van der Waals surface area contributed by atoms with Gasteiger partial charge in [0.25, 0.3) is 11.8 Å². The van der Waals surface area contributed by atoms with Gasteiger partial charge in [-0.25, -0.2) is 17.6 Å². The highest BCUT2D eigenvalue weighted by molar-refractivity contribution is 5.95. The van der Waals surface area contributed by atoms with Gasteiger partial charge >= 0.3 is 0 Å². The Morgan fingerprint density at radius 2 is 1.33 bits per heavy atom. The highest BCUT2D eigenvalue weighted by atomic mass is 19.1. The molecule has 0 aromatic heterocycles. The predicted octanol–water partition coefficient (Wildman–Crippen LogP) is 4.74. The Labute approximate surface area is 188 Å². The van der Waals surface area contributed by atoms with Crippen LogP contribution in [0.25, 0.3) is 0 Å². The number of nitrogens with one attached hydrogen (secondary N) is 2. The van der Waals surface area contributed by atoms with E-state index in [2.05, 4.69) is 10.6 Å². The van der Waals surface area contributed by atoms with E-state index in [4.69, 9.17) is 0 Å². The Morgan fingerprint density at radius 1 is 0.758 bits per heavy atom. The molecule has 5 rings (SSSR count). The quantitative estimate of drug-likeness (QED) is 0.648. The van der Waals surface area contributed by atoms with Gasteiger partial charge in [-0.2, -0.15) is 0 Å². The third kappa shape index (κ3) is 4.23. The van der Waals surface area contributed by atoms with Crippen molar-refractivity contribution in [1.29, 1.82) is 0 Å². The molecule has 3 fully saturated rings. The number of hydrogen-bond donors (Lipinski definition) is 2. The van der Waals surface area contributed by atoms with Crippen LogP contribution in [0.2, 0.25) is 0 Å². The van der Waals surface area contributed by atoms with E-state index in [0.29, 0.717) is 37.3 Å². The van der Waals surface area contributed by atoms with Crippen LogP contribution in [0.5, 0.6) is 0 Å². The molecule has 2 amide bonds. The minimum atomic E-state index is -0.890. The molecule has 3 saturated carbocycles. The van der Waals surface area contributed by atoms with Crippen molar-refractivity contribution in [2.75, 3.05) is 0 Å². The van der Waals surface area contributed by atoms with Gasteiger partial charge in [0.15, 0.2) is 0 Å². The highest BCUT2D eigenvalue weighted by Gasteiger charge is 2.53. The maximum absolute atomic E-state index is 14.1. The standard InChI is InChI=1S/C25H24F4N2O2/c26-16-1-3-19(21(28)8-16)23(32)30-18-6-13-5-14-11-25(10-13,12-15(14)7-18)31-24(33)20-4-2-17(27)9-22(20)29/h1-4,8-9,13-15,18H,5-7,10-12H2,(H,30,32)(H,31,33)/t13?,14?,15?,18?,25-/m0/s1. The number of fused-ring (bicyclic) bond motifs is 2. The summed E-state index contributed by atoms with van der Waals surface area (Å²) in [6, 6.07) is 5.70. The lowest BCUT2D eigenvalue weighted by Gasteiger charge is -2.39. The largest absolute Gasteiger partial charge is 0.349 e. The molecule has 0 saturated heterocycles. The summed E-state index contributed by atoms with van der Waals surface area (Å²) in [6.07, 6.45) is 4.62. The highest BCUT2D eigenvalue weighted by Crippen LogP contribution is 2.55. The van der Waals surface area contributed by atoms with E-state index in [0.717, 1.165) is 43.5 Å². The molecule has 0 spiro atoms. The first-order valence-corrected chi connectivity index (χ1v) is 11.2. The lowest BCUT2D eigenvalue weighted by atomic mass is 9.74. The topological polar surface area (TPSA) is 58.2 Å². The van der Waals surface area contributed by atoms with E-state index >= 15 is 0 Å². The Kier molecular flexibility index (Phi) is 5.41. The molecule has 8 heteroatoms. The first-order valence-electron chi connectivity index (χ1n) is 11.2. The minimum Gasteiger partial charge on any atom is -0.349 e. The van der Waals surface area contributed by atoms with Gasteiger partial charge in [-0.3, -0.25) is 9.59 Å². The average molecular weight is 460 g/mol. The molecule has 0 heterocycles. The number of hydrogen-bond acceptors (Lipinski definition) is 2. The second-order valence-electron chi connectivity index (χ2n) is 9.86. The van der Waals surface area contributed by atoms with Crippen LogP contribution in [0.15, 0.2) is 36.4 Å². The Morgan fingerprint density at radius 3 is 1.94 bits per heavy atom. The SMILES string of the molecule is O=C(NC1CC2CC3C[C@@](NC(=O)c4ccc(F)cc4F)(C2)CC3C1)c1ccc(F)cc1F. The fourth-order valence-electron chi connectivity index (χ4n) is 6.44. The van der Waals surface area contributed by atoms with Crippen LogP contribution in [-0.4, -0.2) is 23.4 Å². The number of carbonyl (C=O) groups is 2. The molecule has 174 valence electrons. The van der Waals surface area contributed by atoms with Crippen molar-refractivity contribution in [2.45, 2.75) is 50.1 Å². The molecule has 33 heavy (non-hydrogen) atoms. The molecule has 2 aromatic carbocycles. The van der Waals surface area contributed by atoms with Crippen molar-refractivity contribution >= 4 is 11.8 Å². The summed E-state index contributed by atoms with van der Waals surface area (Å²) in [5, 5.41) is 5.97. The van der Waals surface area contributed by atoms with Gasteiger partial charge in [0, 0.05) is 23.7 Å². The van der Waals surface area contributed by atoms with Gasteiger partial charge < -0.3 is 10.6 Å². The van der Waals surface area contributed by atoms with Gasteiger partial charge in [-0.05, 0) is 80.5 Å². The fourth-order valence-corrected chi connectivity index (χ4v) is 6.44. The molecular weight excluding hydrogens is 436 g/mol. The Bertz CT molecular complexity index is 1120. The summed E-state index contributed by atoms with van der Waals surface area (Å²) in [7, 11) is 0. The van der Waals surface area contributed by atoms with Crippen LogP contribution in [0, 0.1) is 41.0 Å². The van der Waals surface area contributed by atoms with E-state index < -0.39 is 40.6 Å². The molecule has 2 N–H and O–H groups in total. The lowest BCUT2D eigenvalue weighted by molar-refractivity contribution is 0.0840. The van der Waals surface area contributed by atoms with Crippen LogP contribution < -0.4 is 10.6 Å². The molecule has 2 aromatic rings. The third-order valence-corrected chi connectivity index (χ3v) is 7.56. The van der Waals surface area contributed by atoms with Crippen molar-refractivity contribution in [3.05, 3.63) is 70.8 Å². The normalized spacial score (nSPS) is 30.1. The van der Waals surface area contributed by atoms with Crippen LogP contribution >= 0.6 is 0 Å². The van der Waals surface area contributed by atoms with E-state index in [9.17, 15) is 27.2 Å². The second-order valence-corrected chi connectivity index (χ2v) is 9.86. The number of rotatable bonds is 4. The molecule has 0 radical (unpaired) electrons.